The minimum absolute atomic E-state index is 1.02. The van der Waals surface area contributed by atoms with E-state index in [0.717, 1.165) is 11.0 Å². The van der Waals surface area contributed by atoms with Crippen molar-refractivity contribution in [3.05, 3.63) is 0 Å². The van der Waals surface area contributed by atoms with Gasteiger partial charge in [0.25, 0.3) is 0 Å². The van der Waals surface area contributed by atoms with Crippen molar-refractivity contribution in [2.75, 3.05) is 26.7 Å². The van der Waals surface area contributed by atoms with Gasteiger partial charge in [-0.2, -0.15) is 0 Å². The first-order valence-corrected chi connectivity index (χ1v) is 3.55. The van der Waals surface area contributed by atoms with Crippen molar-refractivity contribution in [3.63, 3.8) is 0 Å². The molecule has 1 rings (SSSR count). The second-order valence-corrected chi connectivity index (χ2v) is 2.86. The molecule has 1 aliphatic heterocycles. The van der Waals surface area contributed by atoms with Gasteiger partial charge in [0.1, 0.15) is 6.54 Å². The molecule has 1 unspecified atom stereocenters. The lowest BCUT2D eigenvalue weighted by Gasteiger charge is -2.26. The summed E-state index contributed by atoms with van der Waals surface area (Å²) >= 11 is 0. The van der Waals surface area contributed by atoms with Crippen molar-refractivity contribution in [1.29, 1.82) is 0 Å². The summed E-state index contributed by atoms with van der Waals surface area (Å²) in [5.41, 5.74) is 0. The molecule has 0 fully saturated rings. The fraction of sp³-hybridized carbons (Fsp3) is 0.857. The fourth-order valence-corrected chi connectivity index (χ4v) is 1.15. The van der Waals surface area contributed by atoms with Gasteiger partial charge in [0.2, 0.25) is 0 Å². The van der Waals surface area contributed by atoms with Crippen LogP contribution in [0.25, 0.3) is 0 Å². The summed E-state index contributed by atoms with van der Waals surface area (Å²) in [5, 5.41) is 0. The highest BCUT2D eigenvalue weighted by Gasteiger charge is 2.27. The molecule has 0 aromatic heterocycles. The number of hydrogen-bond acceptors (Lipinski definition) is 1. The van der Waals surface area contributed by atoms with E-state index >= 15 is 0 Å². The van der Waals surface area contributed by atoms with Gasteiger partial charge in [-0.05, 0) is 6.92 Å². The molecule has 1 atom stereocenters. The second-order valence-electron chi connectivity index (χ2n) is 2.86. The number of nitrogens with zero attached hydrogens (tertiary/aromatic N) is 2. The Kier molecular flexibility index (Phi) is 1.58. The van der Waals surface area contributed by atoms with E-state index < -0.39 is 0 Å². The maximum Gasteiger partial charge on any atom is 0.195 e. The molecular weight excluding hydrogens is 112 g/mol. The van der Waals surface area contributed by atoms with Gasteiger partial charge < -0.3 is 0 Å². The third kappa shape index (κ3) is 0.990. The lowest BCUT2D eigenvalue weighted by Crippen LogP contribution is -2.45. The molecule has 1 aliphatic rings. The third-order valence-corrected chi connectivity index (χ3v) is 2.41. The van der Waals surface area contributed by atoms with Crippen LogP contribution in [0.2, 0.25) is 0 Å². The van der Waals surface area contributed by atoms with Crippen molar-refractivity contribution >= 4 is 5.84 Å². The molecule has 0 aliphatic carbocycles. The first-order valence-electron chi connectivity index (χ1n) is 3.55. The molecule has 0 aromatic carbocycles. The average Bonchev–Trinajstić information content (AvgIpc) is 2.15. The van der Waals surface area contributed by atoms with Gasteiger partial charge in [-0.15, -0.1) is 0 Å². The van der Waals surface area contributed by atoms with Crippen LogP contribution in [0.15, 0.2) is 4.99 Å². The van der Waals surface area contributed by atoms with Crippen molar-refractivity contribution < 1.29 is 4.48 Å². The highest BCUT2D eigenvalue weighted by molar-refractivity contribution is 5.73. The molecule has 9 heavy (non-hydrogen) atoms. The fourth-order valence-electron chi connectivity index (χ4n) is 1.15. The highest BCUT2D eigenvalue weighted by Crippen LogP contribution is 2.09. The molecule has 0 radical (unpaired) electrons. The van der Waals surface area contributed by atoms with Gasteiger partial charge in [0.15, 0.2) is 5.84 Å². The van der Waals surface area contributed by atoms with E-state index in [0.29, 0.717) is 0 Å². The van der Waals surface area contributed by atoms with E-state index in [9.17, 15) is 0 Å². The van der Waals surface area contributed by atoms with Crippen molar-refractivity contribution in [2.24, 2.45) is 4.99 Å². The van der Waals surface area contributed by atoms with E-state index in [1.807, 2.05) is 0 Å². The van der Waals surface area contributed by atoms with Crippen molar-refractivity contribution in [3.8, 4) is 0 Å². The first-order chi connectivity index (χ1) is 4.19. The van der Waals surface area contributed by atoms with Gasteiger partial charge in [-0.25, -0.2) is 4.99 Å². The monoisotopic (exact) mass is 127 g/mol. The summed E-state index contributed by atoms with van der Waals surface area (Å²) in [4.78, 5) is 4.35. The lowest BCUT2D eigenvalue weighted by molar-refractivity contribution is -0.812. The van der Waals surface area contributed by atoms with Crippen LogP contribution in [-0.2, 0) is 0 Å². The van der Waals surface area contributed by atoms with E-state index in [2.05, 4.69) is 25.9 Å². The Bertz CT molecular complexity index is 140. The Morgan fingerprint density at radius 3 is 2.56 bits per heavy atom. The maximum absolute atomic E-state index is 4.35. The molecular formula is C7H15N2+. The Labute approximate surface area is 56.8 Å². The summed E-state index contributed by atoms with van der Waals surface area (Å²) in [5.74, 6) is 1.29. The zero-order valence-corrected chi connectivity index (χ0v) is 6.52. The van der Waals surface area contributed by atoms with Crippen LogP contribution in [0, 0.1) is 0 Å². The quantitative estimate of drug-likeness (QED) is 0.464. The van der Waals surface area contributed by atoms with Crippen LogP contribution < -0.4 is 0 Å². The number of likely N-dealkylation sites (N-methyl/N-ethyl adjacent to an activating group) is 1. The number of hydrogen-bond donors (Lipinski definition) is 0. The molecule has 0 amide bonds. The largest absolute Gasteiger partial charge is 0.280 e. The van der Waals surface area contributed by atoms with Crippen molar-refractivity contribution in [1.82, 2.24) is 0 Å². The molecule has 2 heteroatoms. The van der Waals surface area contributed by atoms with Gasteiger partial charge in [0, 0.05) is 6.92 Å². The molecule has 1 heterocycles. The van der Waals surface area contributed by atoms with Gasteiger partial charge in [0.05, 0.1) is 20.1 Å². The zero-order valence-electron chi connectivity index (χ0n) is 6.52. The summed E-state index contributed by atoms with van der Waals surface area (Å²) in [6, 6.07) is 0. The molecule has 0 saturated heterocycles. The predicted octanol–water partition coefficient (Wildman–Crippen LogP) is 0.885. The topological polar surface area (TPSA) is 12.4 Å². The van der Waals surface area contributed by atoms with Gasteiger partial charge >= 0.3 is 0 Å². The van der Waals surface area contributed by atoms with Gasteiger partial charge in [-0.3, -0.25) is 4.48 Å². The van der Waals surface area contributed by atoms with Gasteiger partial charge in [-0.1, -0.05) is 0 Å². The van der Waals surface area contributed by atoms with E-state index in [1.165, 1.54) is 18.9 Å². The first kappa shape index (κ1) is 6.75. The van der Waals surface area contributed by atoms with Crippen LogP contribution in [0.3, 0.4) is 0 Å². The molecule has 0 aromatic rings. The molecule has 2 nitrogen and oxygen atoms in total. The number of aliphatic imine (C=N–C) groups is 1. The van der Waals surface area contributed by atoms with Crippen LogP contribution in [0.4, 0.5) is 0 Å². The smallest absolute Gasteiger partial charge is 0.195 e. The minimum atomic E-state index is 1.02. The van der Waals surface area contributed by atoms with Crippen LogP contribution in [-0.4, -0.2) is 37.0 Å². The van der Waals surface area contributed by atoms with Crippen molar-refractivity contribution in [2.45, 2.75) is 13.8 Å². The zero-order chi connectivity index (χ0) is 6.91. The normalized spacial score (nSPS) is 34.8. The third-order valence-electron chi connectivity index (χ3n) is 2.41. The lowest BCUT2D eigenvalue weighted by atomic mass is 10.4. The second kappa shape index (κ2) is 2.10. The Morgan fingerprint density at radius 2 is 2.33 bits per heavy atom. The van der Waals surface area contributed by atoms with Crippen LogP contribution in [0.1, 0.15) is 13.8 Å². The number of rotatable bonds is 1. The SMILES string of the molecule is CC[N+]1(C)CCN=C1C. The summed E-state index contributed by atoms with van der Waals surface area (Å²) in [6.07, 6.45) is 0. The minimum Gasteiger partial charge on any atom is -0.280 e. The standard InChI is InChI=1S/C7H15N2/c1-4-9(3)6-5-8-7(9)2/h4-6H2,1-3H3/q+1. The molecule has 0 saturated carbocycles. The van der Waals surface area contributed by atoms with E-state index in [1.54, 1.807) is 0 Å². The summed E-state index contributed by atoms with van der Waals surface area (Å²) in [6.45, 7) is 7.73. The maximum atomic E-state index is 4.35. The Morgan fingerprint density at radius 1 is 1.67 bits per heavy atom. The number of quaternary nitrogens is 1. The highest BCUT2D eigenvalue weighted by atomic mass is 15.4. The average molecular weight is 127 g/mol. The summed E-state index contributed by atoms with van der Waals surface area (Å²) in [7, 11) is 2.24. The molecule has 52 valence electrons. The van der Waals surface area contributed by atoms with E-state index in [4.69, 9.17) is 0 Å². The Hall–Kier alpha value is -0.370. The molecule has 0 N–H and O–H groups in total. The summed E-state index contributed by atoms with van der Waals surface area (Å²) < 4.78 is 1.06. The van der Waals surface area contributed by atoms with Crippen LogP contribution >= 0.6 is 0 Å². The Balaban J connectivity index is 2.70. The number of amidine groups is 1. The van der Waals surface area contributed by atoms with Crippen LogP contribution in [0.5, 0.6) is 0 Å². The molecule has 0 bridgehead atoms. The molecule has 0 spiro atoms. The predicted molar refractivity (Wildman–Crippen MR) is 39.6 cm³/mol. The van der Waals surface area contributed by atoms with E-state index in [-0.39, 0.29) is 0 Å².